The van der Waals surface area contributed by atoms with E-state index in [4.69, 9.17) is 0 Å². The molecule has 0 radical (unpaired) electrons. The van der Waals surface area contributed by atoms with Gasteiger partial charge in [-0.25, -0.2) is 0 Å². The minimum atomic E-state index is -4.24. The smallest absolute Gasteiger partial charge is 0.390 e. The average Bonchev–Trinajstić information content (AvgIpc) is 2.54. The molecule has 4 nitrogen and oxygen atoms in total. The quantitative estimate of drug-likeness (QED) is 0.759. The van der Waals surface area contributed by atoms with Crippen molar-refractivity contribution >= 4 is 0 Å². The lowest BCUT2D eigenvalue weighted by atomic mass is 10.3. The number of alkyl halides is 3. The van der Waals surface area contributed by atoms with Crippen molar-refractivity contribution in [1.29, 1.82) is 0 Å². The minimum absolute atomic E-state index is 0.112. The summed E-state index contributed by atoms with van der Waals surface area (Å²) in [6.45, 7) is -1.03. The average molecular weight is 223 g/mol. The van der Waals surface area contributed by atoms with Gasteiger partial charge in [-0.3, -0.25) is 4.68 Å². The molecule has 0 saturated heterocycles. The van der Waals surface area contributed by atoms with E-state index < -0.39 is 18.8 Å². The van der Waals surface area contributed by atoms with Gasteiger partial charge in [-0.15, -0.1) is 0 Å². The van der Waals surface area contributed by atoms with Crippen LogP contribution in [0.15, 0.2) is 18.5 Å². The molecule has 1 heterocycles. The van der Waals surface area contributed by atoms with Gasteiger partial charge in [0.2, 0.25) is 0 Å². The number of rotatable bonds is 5. The first-order valence-corrected chi connectivity index (χ1v) is 4.40. The summed E-state index contributed by atoms with van der Waals surface area (Å²) in [4.78, 5) is 0. The summed E-state index contributed by atoms with van der Waals surface area (Å²) in [5.41, 5.74) is 0. The van der Waals surface area contributed by atoms with E-state index in [1.54, 1.807) is 12.3 Å². The van der Waals surface area contributed by atoms with Crippen molar-refractivity contribution < 1.29 is 18.3 Å². The molecule has 0 fully saturated rings. The van der Waals surface area contributed by atoms with Crippen LogP contribution >= 0.6 is 0 Å². The van der Waals surface area contributed by atoms with Gasteiger partial charge in [-0.2, -0.15) is 18.3 Å². The highest BCUT2D eigenvalue weighted by atomic mass is 19.4. The molecule has 0 saturated carbocycles. The summed E-state index contributed by atoms with van der Waals surface area (Å²) in [7, 11) is 0. The van der Waals surface area contributed by atoms with Crippen molar-refractivity contribution in [3.63, 3.8) is 0 Å². The topological polar surface area (TPSA) is 50.1 Å². The molecule has 0 aliphatic heterocycles. The van der Waals surface area contributed by atoms with Crippen molar-refractivity contribution in [2.75, 3.05) is 13.1 Å². The molecule has 0 amide bonds. The highest BCUT2D eigenvalue weighted by Crippen LogP contribution is 2.11. The lowest BCUT2D eigenvalue weighted by Crippen LogP contribution is -2.36. The highest BCUT2D eigenvalue weighted by molar-refractivity contribution is 4.78. The number of aromatic nitrogens is 2. The van der Waals surface area contributed by atoms with Crippen molar-refractivity contribution in [2.45, 2.75) is 18.8 Å². The van der Waals surface area contributed by atoms with Crippen LogP contribution in [-0.4, -0.2) is 40.3 Å². The first-order valence-electron chi connectivity index (χ1n) is 4.40. The van der Waals surface area contributed by atoms with Crippen LogP contribution in [-0.2, 0) is 6.54 Å². The van der Waals surface area contributed by atoms with Crippen LogP contribution in [0.1, 0.15) is 0 Å². The van der Waals surface area contributed by atoms with E-state index in [-0.39, 0.29) is 13.1 Å². The van der Waals surface area contributed by atoms with Gasteiger partial charge in [0, 0.05) is 18.9 Å². The van der Waals surface area contributed by atoms with Crippen molar-refractivity contribution in [3.8, 4) is 0 Å². The van der Waals surface area contributed by atoms with E-state index in [1.165, 1.54) is 10.9 Å². The fraction of sp³-hybridized carbons (Fsp3) is 0.625. The van der Waals surface area contributed by atoms with E-state index in [1.807, 2.05) is 0 Å². The van der Waals surface area contributed by atoms with E-state index in [2.05, 4.69) is 10.4 Å². The molecule has 0 aromatic carbocycles. The lowest BCUT2D eigenvalue weighted by molar-refractivity contribution is -0.125. The SMILES string of the molecule is OC(CNCC(F)(F)F)Cn1cccn1. The van der Waals surface area contributed by atoms with Gasteiger partial charge in [-0.1, -0.05) is 0 Å². The minimum Gasteiger partial charge on any atom is -0.390 e. The van der Waals surface area contributed by atoms with Gasteiger partial charge in [0.25, 0.3) is 0 Å². The van der Waals surface area contributed by atoms with Crippen LogP contribution in [0.3, 0.4) is 0 Å². The van der Waals surface area contributed by atoms with Crippen molar-refractivity contribution in [3.05, 3.63) is 18.5 Å². The predicted molar refractivity (Wildman–Crippen MR) is 47.2 cm³/mol. The van der Waals surface area contributed by atoms with Gasteiger partial charge in [-0.05, 0) is 6.07 Å². The second kappa shape index (κ2) is 5.13. The number of nitrogens with zero attached hydrogens (tertiary/aromatic N) is 2. The van der Waals surface area contributed by atoms with E-state index in [9.17, 15) is 18.3 Å². The molecule has 0 aliphatic rings. The molecule has 1 atom stereocenters. The van der Waals surface area contributed by atoms with Crippen LogP contribution in [0.4, 0.5) is 13.2 Å². The molecule has 1 rings (SSSR count). The van der Waals surface area contributed by atoms with Crippen molar-refractivity contribution in [2.24, 2.45) is 0 Å². The van der Waals surface area contributed by atoms with Crippen LogP contribution in [0.2, 0.25) is 0 Å². The summed E-state index contributed by atoms with van der Waals surface area (Å²) in [6.07, 6.45) is -1.96. The maximum Gasteiger partial charge on any atom is 0.401 e. The fourth-order valence-electron chi connectivity index (χ4n) is 1.07. The van der Waals surface area contributed by atoms with E-state index in [0.717, 1.165) is 0 Å². The molecule has 7 heteroatoms. The van der Waals surface area contributed by atoms with Crippen LogP contribution in [0, 0.1) is 0 Å². The molecule has 86 valence electrons. The van der Waals surface area contributed by atoms with Crippen LogP contribution < -0.4 is 5.32 Å². The van der Waals surface area contributed by atoms with Crippen molar-refractivity contribution in [1.82, 2.24) is 15.1 Å². The van der Waals surface area contributed by atoms with Crippen LogP contribution in [0.5, 0.6) is 0 Å². The first-order chi connectivity index (χ1) is 6.97. The maximum absolute atomic E-state index is 11.7. The molecule has 0 spiro atoms. The van der Waals surface area contributed by atoms with Gasteiger partial charge in [0.15, 0.2) is 0 Å². The zero-order valence-electron chi connectivity index (χ0n) is 7.91. The number of nitrogens with one attached hydrogen (secondary N) is 1. The lowest BCUT2D eigenvalue weighted by Gasteiger charge is -2.13. The monoisotopic (exact) mass is 223 g/mol. The Hall–Kier alpha value is -1.08. The normalized spacial score (nSPS) is 14.1. The van der Waals surface area contributed by atoms with E-state index >= 15 is 0 Å². The molecule has 0 bridgehead atoms. The fourth-order valence-corrected chi connectivity index (χ4v) is 1.07. The summed E-state index contributed by atoms with van der Waals surface area (Å²) in [5.74, 6) is 0. The standard InChI is InChI=1S/C8H12F3N3O/c9-8(10,11)6-12-4-7(15)5-14-3-1-2-13-14/h1-3,7,12,15H,4-6H2. The molecular formula is C8H12F3N3O. The van der Waals surface area contributed by atoms with Gasteiger partial charge >= 0.3 is 6.18 Å². The van der Waals surface area contributed by atoms with Gasteiger partial charge < -0.3 is 10.4 Å². The Bertz CT molecular complexity index is 273. The zero-order chi connectivity index (χ0) is 11.3. The van der Waals surface area contributed by atoms with E-state index in [0.29, 0.717) is 0 Å². The summed E-state index contributed by atoms with van der Waals surface area (Å²) < 4.78 is 36.6. The molecule has 2 N–H and O–H groups in total. The summed E-state index contributed by atoms with van der Waals surface area (Å²) in [6, 6.07) is 1.68. The largest absolute Gasteiger partial charge is 0.401 e. The number of hydrogen-bond acceptors (Lipinski definition) is 3. The number of aliphatic hydroxyl groups excluding tert-OH is 1. The summed E-state index contributed by atoms with van der Waals surface area (Å²) >= 11 is 0. The van der Waals surface area contributed by atoms with Crippen LogP contribution in [0.25, 0.3) is 0 Å². The second-order valence-corrected chi connectivity index (χ2v) is 3.13. The van der Waals surface area contributed by atoms with Gasteiger partial charge in [0.1, 0.15) is 0 Å². The highest BCUT2D eigenvalue weighted by Gasteiger charge is 2.26. The molecule has 0 aliphatic carbocycles. The molecule has 1 aromatic heterocycles. The third kappa shape index (κ3) is 5.38. The summed E-state index contributed by atoms with van der Waals surface area (Å²) in [5, 5.41) is 15.3. The zero-order valence-corrected chi connectivity index (χ0v) is 7.91. The predicted octanol–water partition coefficient (Wildman–Crippen LogP) is 0.396. The molecule has 1 aromatic rings. The number of hydrogen-bond donors (Lipinski definition) is 2. The third-order valence-electron chi connectivity index (χ3n) is 1.66. The Labute approximate surface area is 84.7 Å². The Morgan fingerprint density at radius 1 is 1.47 bits per heavy atom. The second-order valence-electron chi connectivity index (χ2n) is 3.13. The van der Waals surface area contributed by atoms with Gasteiger partial charge in [0.05, 0.1) is 19.2 Å². The third-order valence-corrected chi connectivity index (χ3v) is 1.66. The number of aliphatic hydroxyl groups is 1. The molecule has 1 unspecified atom stereocenters. The Morgan fingerprint density at radius 3 is 2.73 bits per heavy atom. The molecular weight excluding hydrogens is 211 g/mol. The Kier molecular flexibility index (Phi) is 4.10. The maximum atomic E-state index is 11.7. The number of halogens is 3. The Balaban J connectivity index is 2.17. The first kappa shape index (κ1) is 12.0. The molecule has 15 heavy (non-hydrogen) atoms. The Morgan fingerprint density at radius 2 is 2.20 bits per heavy atom.